The number of benzene rings is 2. The number of aryl methyl sites for hydroxylation is 1. The number of hydrogen-bond donors (Lipinski definition) is 1. The topological polar surface area (TPSA) is 61.9 Å². The fraction of sp³-hybridized carbons (Fsp3) is 0.364. The van der Waals surface area contributed by atoms with Gasteiger partial charge in [-0.05, 0) is 55.7 Å². The van der Waals surface area contributed by atoms with Crippen molar-refractivity contribution in [3.8, 4) is 5.75 Å². The summed E-state index contributed by atoms with van der Waals surface area (Å²) in [6, 6.07) is 15.0. The number of nitrogens with zero attached hydrogens (tertiary/aromatic N) is 2. The Hall–Kier alpha value is -3.02. The van der Waals surface area contributed by atoms with Crippen LogP contribution in [0.4, 0.5) is 11.4 Å². The third-order valence-corrected chi connectivity index (χ3v) is 4.85. The maximum Gasteiger partial charge on any atom is 0.259 e. The van der Waals surface area contributed by atoms with E-state index in [1.165, 1.54) is 10.5 Å². The quantitative estimate of drug-likeness (QED) is 0.836. The molecule has 0 unspecified atom stereocenters. The van der Waals surface area contributed by atoms with Gasteiger partial charge in [0.2, 0.25) is 5.91 Å². The maximum absolute atomic E-state index is 13.0. The number of amides is 2. The van der Waals surface area contributed by atoms with Gasteiger partial charge in [-0.25, -0.2) is 0 Å². The monoisotopic (exact) mass is 381 g/mol. The fourth-order valence-electron chi connectivity index (χ4n) is 3.23. The van der Waals surface area contributed by atoms with Gasteiger partial charge in [-0.15, -0.1) is 0 Å². The summed E-state index contributed by atoms with van der Waals surface area (Å²) in [5.41, 5.74) is 3.07. The van der Waals surface area contributed by atoms with E-state index in [2.05, 4.69) is 11.4 Å². The molecule has 2 aromatic carbocycles. The van der Waals surface area contributed by atoms with Crippen molar-refractivity contribution >= 4 is 23.2 Å². The summed E-state index contributed by atoms with van der Waals surface area (Å²) in [6.07, 6.45) is 1.99. The van der Waals surface area contributed by atoms with E-state index in [-0.39, 0.29) is 24.5 Å². The summed E-state index contributed by atoms with van der Waals surface area (Å²) in [4.78, 5) is 27.9. The van der Waals surface area contributed by atoms with Gasteiger partial charge in [0.05, 0.1) is 0 Å². The van der Waals surface area contributed by atoms with Gasteiger partial charge in [-0.1, -0.05) is 18.2 Å². The van der Waals surface area contributed by atoms with Gasteiger partial charge in [-0.3, -0.25) is 9.59 Å². The van der Waals surface area contributed by atoms with Crippen molar-refractivity contribution in [1.82, 2.24) is 4.90 Å². The molecule has 0 bridgehead atoms. The first-order chi connectivity index (χ1) is 13.5. The molecule has 148 valence electrons. The van der Waals surface area contributed by atoms with Crippen LogP contribution in [-0.4, -0.2) is 50.0 Å². The highest BCUT2D eigenvalue weighted by Gasteiger charge is 2.26. The highest BCUT2D eigenvalue weighted by atomic mass is 16.5. The molecule has 0 saturated carbocycles. The van der Waals surface area contributed by atoms with Crippen LogP contribution in [0.5, 0.6) is 5.75 Å². The first-order valence-corrected chi connectivity index (χ1v) is 9.54. The average molecular weight is 381 g/mol. The Morgan fingerprint density at radius 2 is 1.86 bits per heavy atom. The molecule has 28 heavy (non-hydrogen) atoms. The number of carbonyl (C=O) groups is 2. The van der Waals surface area contributed by atoms with E-state index in [0.717, 1.165) is 30.8 Å². The summed E-state index contributed by atoms with van der Waals surface area (Å²) >= 11 is 0. The SMILES string of the molecule is C[C@H](Nc1ccc(OCC(=O)N(C)C)cc1)C(=O)N1CCCc2ccccc21. The van der Waals surface area contributed by atoms with Gasteiger partial charge in [0, 0.05) is 32.0 Å². The Balaban J connectivity index is 1.60. The first-order valence-electron chi connectivity index (χ1n) is 9.54. The molecule has 0 spiro atoms. The minimum absolute atomic E-state index is 0.00301. The molecule has 1 aliphatic heterocycles. The molecule has 2 amide bonds. The smallest absolute Gasteiger partial charge is 0.259 e. The Bertz CT molecular complexity index is 833. The van der Waals surface area contributed by atoms with Gasteiger partial charge in [-0.2, -0.15) is 0 Å². The molecular formula is C22H27N3O3. The second-order valence-electron chi connectivity index (χ2n) is 7.19. The molecular weight excluding hydrogens is 354 g/mol. The first kappa shape index (κ1) is 19.7. The Morgan fingerprint density at radius 3 is 2.57 bits per heavy atom. The molecule has 3 rings (SSSR count). The summed E-state index contributed by atoms with van der Waals surface area (Å²) in [6.45, 7) is 2.62. The zero-order valence-corrected chi connectivity index (χ0v) is 16.6. The number of nitrogens with one attached hydrogen (secondary N) is 1. The number of para-hydroxylation sites is 1. The van der Waals surface area contributed by atoms with Crippen LogP contribution in [0.15, 0.2) is 48.5 Å². The van der Waals surface area contributed by atoms with Gasteiger partial charge in [0.25, 0.3) is 5.91 Å². The van der Waals surface area contributed by atoms with E-state index in [1.807, 2.05) is 42.2 Å². The van der Waals surface area contributed by atoms with E-state index in [0.29, 0.717) is 5.75 Å². The van der Waals surface area contributed by atoms with E-state index < -0.39 is 0 Å². The predicted octanol–water partition coefficient (Wildman–Crippen LogP) is 2.93. The second kappa shape index (κ2) is 8.78. The lowest BCUT2D eigenvalue weighted by atomic mass is 10.0. The minimum Gasteiger partial charge on any atom is -0.484 e. The van der Waals surface area contributed by atoms with Crippen molar-refractivity contribution in [2.45, 2.75) is 25.8 Å². The average Bonchev–Trinajstić information content (AvgIpc) is 2.71. The lowest BCUT2D eigenvalue weighted by Crippen LogP contribution is -2.44. The van der Waals surface area contributed by atoms with Crippen LogP contribution in [0.2, 0.25) is 0 Å². The fourth-order valence-corrected chi connectivity index (χ4v) is 3.23. The van der Waals surface area contributed by atoms with Gasteiger partial charge < -0.3 is 19.9 Å². The third-order valence-electron chi connectivity index (χ3n) is 4.85. The highest BCUT2D eigenvalue weighted by Crippen LogP contribution is 2.27. The Labute approximate surface area is 166 Å². The van der Waals surface area contributed by atoms with Crippen molar-refractivity contribution in [3.05, 3.63) is 54.1 Å². The Morgan fingerprint density at radius 1 is 1.14 bits per heavy atom. The van der Waals surface area contributed by atoms with Crippen LogP contribution in [0.25, 0.3) is 0 Å². The molecule has 0 radical (unpaired) electrons. The molecule has 2 aromatic rings. The molecule has 0 aliphatic carbocycles. The van der Waals surface area contributed by atoms with Crippen LogP contribution >= 0.6 is 0 Å². The van der Waals surface area contributed by atoms with Crippen LogP contribution in [0, 0.1) is 0 Å². The largest absolute Gasteiger partial charge is 0.484 e. The number of carbonyl (C=O) groups excluding carboxylic acids is 2. The summed E-state index contributed by atoms with van der Waals surface area (Å²) in [7, 11) is 3.38. The second-order valence-corrected chi connectivity index (χ2v) is 7.19. The number of ether oxygens (including phenoxy) is 1. The maximum atomic E-state index is 13.0. The van der Waals surface area contributed by atoms with Crippen molar-refractivity contribution in [2.24, 2.45) is 0 Å². The molecule has 0 fully saturated rings. The molecule has 1 aliphatic rings. The normalized spacial score (nSPS) is 14.0. The lowest BCUT2D eigenvalue weighted by molar-refractivity contribution is -0.130. The van der Waals surface area contributed by atoms with E-state index >= 15 is 0 Å². The van der Waals surface area contributed by atoms with Crippen LogP contribution in [-0.2, 0) is 16.0 Å². The van der Waals surface area contributed by atoms with E-state index in [1.54, 1.807) is 26.2 Å². The van der Waals surface area contributed by atoms with Gasteiger partial charge >= 0.3 is 0 Å². The van der Waals surface area contributed by atoms with Crippen LogP contribution in [0.3, 0.4) is 0 Å². The highest BCUT2D eigenvalue weighted by molar-refractivity contribution is 5.99. The van der Waals surface area contributed by atoms with Crippen LogP contribution in [0.1, 0.15) is 18.9 Å². The number of likely N-dealkylation sites (N-methyl/N-ethyl adjacent to an activating group) is 1. The molecule has 1 N–H and O–H groups in total. The van der Waals surface area contributed by atoms with Gasteiger partial charge in [0.1, 0.15) is 11.8 Å². The predicted molar refractivity (Wildman–Crippen MR) is 111 cm³/mol. The number of anilines is 2. The zero-order valence-electron chi connectivity index (χ0n) is 16.6. The lowest BCUT2D eigenvalue weighted by Gasteiger charge is -2.32. The van der Waals surface area contributed by atoms with Crippen molar-refractivity contribution in [3.63, 3.8) is 0 Å². The number of rotatable bonds is 6. The van der Waals surface area contributed by atoms with E-state index in [9.17, 15) is 9.59 Å². The molecule has 6 heteroatoms. The molecule has 6 nitrogen and oxygen atoms in total. The van der Waals surface area contributed by atoms with Crippen molar-refractivity contribution in [2.75, 3.05) is 37.5 Å². The standard InChI is InChI=1S/C22H27N3O3/c1-16(22(27)25-14-6-8-17-7-4-5-9-20(17)25)23-18-10-12-19(13-11-18)28-15-21(26)24(2)3/h4-5,7,9-13,16,23H,6,8,14-15H2,1-3H3/t16-/m0/s1. The van der Waals surface area contributed by atoms with Crippen LogP contribution < -0.4 is 15.0 Å². The molecule has 0 aromatic heterocycles. The molecule has 0 saturated heterocycles. The van der Waals surface area contributed by atoms with Crippen molar-refractivity contribution in [1.29, 1.82) is 0 Å². The minimum atomic E-state index is -0.353. The Kier molecular flexibility index (Phi) is 6.19. The number of hydrogen-bond acceptors (Lipinski definition) is 4. The third kappa shape index (κ3) is 4.63. The summed E-state index contributed by atoms with van der Waals surface area (Å²) < 4.78 is 5.48. The van der Waals surface area contributed by atoms with E-state index in [4.69, 9.17) is 4.74 Å². The molecule has 1 atom stereocenters. The summed E-state index contributed by atoms with van der Waals surface area (Å²) in [5.74, 6) is 0.581. The molecule has 1 heterocycles. The summed E-state index contributed by atoms with van der Waals surface area (Å²) in [5, 5.41) is 3.26. The van der Waals surface area contributed by atoms with Gasteiger partial charge in [0.15, 0.2) is 6.61 Å². The zero-order chi connectivity index (χ0) is 20.1. The number of fused-ring (bicyclic) bond motifs is 1. The van der Waals surface area contributed by atoms with Crippen molar-refractivity contribution < 1.29 is 14.3 Å².